The second-order valence-corrected chi connectivity index (χ2v) is 26.9. The molecule has 2 amide bonds. The Balaban J connectivity index is 0.000000180. The molecule has 20 heteroatoms. The predicted octanol–water partition coefficient (Wildman–Crippen LogP) is 11.3. The Labute approximate surface area is 537 Å². The second kappa shape index (κ2) is 25.3. The van der Waals surface area contributed by atoms with Gasteiger partial charge in [0.25, 0.3) is 0 Å². The third-order valence-corrected chi connectivity index (χ3v) is 20.1. The number of carbonyl (C=O) groups excluding carboxylic acids is 3. The van der Waals surface area contributed by atoms with Crippen molar-refractivity contribution in [3.63, 3.8) is 0 Å². The number of carbonyl (C=O) groups is 4. The van der Waals surface area contributed by atoms with Crippen molar-refractivity contribution in [1.82, 2.24) is 38.9 Å². The van der Waals surface area contributed by atoms with E-state index in [0.717, 1.165) is 146 Å². The van der Waals surface area contributed by atoms with Gasteiger partial charge in [0.1, 0.15) is 13.1 Å². The van der Waals surface area contributed by atoms with Gasteiger partial charge in [-0.3, -0.25) is 29.2 Å². The molecule has 10 aromatic rings. The van der Waals surface area contributed by atoms with Gasteiger partial charge in [-0.25, -0.2) is 29.5 Å². The number of hydrogen-bond acceptors (Lipinski definition) is 14. The van der Waals surface area contributed by atoms with E-state index in [1.54, 1.807) is 34.8 Å². The third-order valence-electron chi connectivity index (χ3n) is 17.9. The van der Waals surface area contributed by atoms with E-state index in [2.05, 4.69) is 73.7 Å². The first-order valence-corrected chi connectivity index (χ1v) is 31.9. The van der Waals surface area contributed by atoms with Gasteiger partial charge in [-0.2, -0.15) is 0 Å². The van der Waals surface area contributed by atoms with Crippen LogP contribution in [0.1, 0.15) is 129 Å². The van der Waals surface area contributed by atoms with Gasteiger partial charge in [-0.05, 0) is 165 Å². The number of esters is 1. The Morgan fingerprint density at radius 3 is 1.37 bits per heavy atom. The Hall–Kier alpha value is -7.60. The number of anilines is 2. The Morgan fingerprint density at radius 2 is 0.989 bits per heavy atom. The van der Waals surface area contributed by atoms with Gasteiger partial charge in [0, 0.05) is 32.7 Å². The number of aromatic nitrogens is 6. The zero-order chi connectivity index (χ0) is 60.7. The molecule has 17 nitrogen and oxygen atoms in total. The smallest absolute Gasteiger partial charge is 0.870 e. The van der Waals surface area contributed by atoms with Gasteiger partial charge >= 0.3 is 30.8 Å². The molecule has 454 valence electrons. The van der Waals surface area contributed by atoms with E-state index in [1.807, 2.05) is 93.7 Å². The summed E-state index contributed by atoms with van der Waals surface area (Å²) in [4.78, 5) is 82.3. The van der Waals surface area contributed by atoms with Gasteiger partial charge in [-0.1, -0.05) is 62.8 Å². The van der Waals surface area contributed by atoms with Crippen LogP contribution in [0.4, 0.5) is 11.4 Å². The summed E-state index contributed by atoms with van der Waals surface area (Å²) in [5, 5.41) is 16.1. The van der Waals surface area contributed by atoms with Crippen molar-refractivity contribution in [3.8, 4) is 43.7 Å². The molecule has 2 saturated carbocycles. The fourth-order valence-electron chi connectivity index (χ4n) is 14.2. The molecule has 0 saturated heterocycles. The Morgan fingerprint density at radius 1 is 0.573 bits per heavy atom. The molecule has 2 aliphatic carbocycles. The second-order valence-electron chi connectivity index (χ2n) is 24.5. The molecule has 89 heavy (non-hydrogen) atoms. The average molecular weight is 1230 g/mol. The molecule has 0 atom stereocenters. The monoisotopic (exact) mass is 1220 g/mol. The van der Waals surface area contributed by atoms with Crippen molar-refractivity contribution < 1.29 is 53.4 Å². The number of hydrogen-bond donors (Lipinski definition) is 1. The third kappa shape index (κ3) is 11.6. The minimum atomic E-state index is -0.967. The topological polar surface area (TPSA) is 202 Å². The number of nitrogens with zero attached hydrogens (tertiary/aromatic N) is 10. The van der Waals surface area contributed by atoms with E-state index < -0.39 is 5.97 Å². The number of carboxylic acids is 1. The molecular weight excluding hydrogens is 1150 g/mol. The summed E-state index contributed by atoms with van der Waals surface area (Å²) >= 11 is 3.29. The number of rotatable bonds is 10. The molecule has 4 aromatic carbocycles. The maximum atomic E-state index is 14.2. The molecule has 2 aliphatic heterocycles. The van der Waals surface area contributed by atoms with Crippen LogP contribution in [-0.4, -0.2) is 122 Å². The van der Waals surface area contributed by atoms with Crippen molar-refractivity contribution in [2.45, 2.75) is 117 Å². The quantitative estimate of drug-likeness (QED) is 0.100. The van der Waals surface area contributed by atoms with Crippen LogP contribution in [0.25, 0.3) is 87.3 Å². The molecule has 0 bridgehead atoms. The van der Waals surface area contributed by atoms with Crippen LogP contribution in [-0.2, 0) is 27.4 Å². The van der Waals surface area contributed by atoms with Gasteiger partial charge in [0.15, 0.2) is 0 Å². The number of pyridine rings is 2. The molecule has 6 aromatic heterocycles. The minimum absolute atomic E-state index is 0. The minimum Gasteiger partial charge on any atom is -0.870 e. The Kier molecular flexibility index (Phi) is 17.9. The summed E-state index contributed by atoms with van der Waals surface area (Å²) in [5.74, 6) is -0.658. The first-order valence-electron chi connectivity index (χ1n) is 30.3. The number of methoxy groups -OCH3 is 1. The molecular formula is C69H73LiN10O7S2. The normalized spacial score (nSPS) is 15.3. The molecule has 0 unspecified atom stereocenters. The number of amides is 2. The van der Waals surface area contributed by atoms with Crippen molar-refractivity contribution in [3.05, 3.63) is 129 Å². The maximum Gasteiger partial charge on any atom is 1.00 e. The number of benzene rings is 4. The first kappa shape index (κ1) is 63.0. The fraction of sp³-hybridized carbons (Fsp3) is 0.362. The van der Waals surface area contributed by atoms with E-state index in [1.165, 1.54) is 56.8 Å². The van der Waals surface area contributed by atoms with Crippen molar-refractivity contribution in [2.24, 2.45) is 0 Å². The van der Waals surface area contributed by atoms with Gasteiger partial charge < -0.3 is 24.5 Å². The van der Waals surface area contributed by atoms with Crippen LogP contribution in [0.5, 0.6) is 0 Å². The van der Waals surface area contributed by atoms with E-state index in [9.17, 15) is 24.3 Å². The molecule has 2 fully saturated rings. The molecule has 0 spiro atoms. The zero-order valence-corrected chi connectivity index (χ0v) is 54.0. The number of carboxylic acid groups (broad SMARTS) is 1. The summed E-state index contributed by atoms with van der Waals surface area (Å²) in [6.45, 7) is 9.25. The van der Waals surface area contributed by atoms with E-state index in [4.69, 9.17) is 14.7 Å². The van der Waals surface area contributed by atoms with Crippen molar-refractivity contribution in [1.29, 1.82) is 0 Å². The summed E-state index contributed by atoms with van der Waals surface area (Å²) in [6.07, 6.45) is 11.6. The number of ether oxygens (including phenoxy) is 1. The van der Waals surface area contributed by atoms with Gasteiger partial charge in [-0.15, -0.1) is 22.7 Å². The van der Waals surface area contributed by atoms with E-state index >= 15 is 0 Å². The average Bonchev–Trinajstić information content (AvgIpc) is 1.60. The van der Waals surface area contributed by atoms with Crippen LogP contribution in [0.15, 0.2) is 84.9 Å². The number of thiazole rings is 2. The van der Waals surface area contributed by atoms with E-state index in [0.29, 0.717) is 30.7 Å². The SMILES string of the molecule is COC(=O)c1ccc2c(C3CCCCC3)c3n(c2c1)CC(=O)N(CN(C)C)c1cc2nc(-c4sc(C)nc4C)ccc2cc1-3.Cc1nc(C)c(-c2ccc3cc4c(cc3n2)N(CN(C)C)C(=O)Cn2c-4c(C3CCCCC3)c3ccc(C(=O)O)cc32)s1.[Li+].[OH-]. The Bertz CT molecular complexity index is 4450. The fourth-order valence-corrected chi connectivity index (χ4v) is 16.0. The molecule has 8 heterocycles. The van der Waals surface area contributed by atoms with Crippen molar-refractivity contribution >= 4 is 101 Å². The van der Waals surface area contributed by atoms with Crippen LogP contribution >= 0.6 is 22.7 Å². The summed E-state index contributed by atoms with van der Waals surface area (Å²) in [6, 6.07) is 28.2. The summed E-state index contributed by atoms with van der Waals surface area (Å²) in [5.41, 5.74) is 16.2. The standard InChI is InChI=1S/C35H37N5O3S.C34H35N5O3S.Li.H2O/c1-20-34(44-21(2)36-20)27-14-12-23-15-26-30(17-28(23)37-27)40(19-38(3)4)31(41)18-39-29-16-24(35(42)43-5)11-13-25(29)32(33(26)39)22-9-7-6-8-10-22;1-19-33(43-20(2)35-19)26-13-11-22-14-25-29(16-27(22)36-26)39(18-37(3)4)30(40)17-38-28-15-23(34(41)42)10-12-24(28)31(32(25)38)21-8-6-5-7-9-21;;/h11-17,22H,6-10,18-19H2,1-5H3;10-16,21H,5-9,17-18H2,1-4H3,(H,41,42);;1H2/q;;+1;/p-1. The van der Waals surface area contributed by atoms with Crippen LogP contribution in [0, 0.1) is 27.7 Å². The van der Waals surface area contributed by atoms with Crippen LogP contribution in [0.3, 0.4) is 0 Å². The molecule has 4 aliphatic rings. The number of aromatic carboxylic acids is 1. The molecule has 14 rings (SSSR count). The largest absolute Gasteiger partial charge is 1.00 e. The summed E-state index contributed by atoms with van der Waals surface area (Å²) in [7, 11) is 9.30. The maximum absolute atomic E-state index is 14.2. The zero-order valence-electron chi connectivity index (χ0n) is 52.4. The number of fused-ring (bicyclic) bond motifs is 12. The van der Waals surface area contributed by atoms with Crippen LogP contribution in [0.2, 0.25) is 0 Å². The molecule has 2 N–H and O–H groups in total. The first-order chi connectivity index (χ1) is 41.9. The molecule has 0 radical (unpaired) electrons. The van der Waals surface area contributed by atoms with E-state index in [-0.39, 0.29) is 60.8 Å². The summed E-state index contributed by atoms with van der Waals surface area (Å²) < 4.78 is 9.31. The van der Waals surface area contributed by atoms with Crippen LogP contribution < -0.4 is 28.7 Å². The van der Waals surface area contributed by atoms with Gasteiger partial charge in [0.2, 0.25) is 11.8 Å². The van der Waals surface area contributed by atoms with Gasteiger partial charge in [0.05, 0.1) is 119 Å². The number of aryl methyl sites for hydroxylation is 4. The predicted molar refractivity (Wildman–Crippen MR) is 350 cm³/mol. The van der Waals surface area contributed by atoms with Crippen molar-refractivity contribution in [2.75, 3.05) is 58.4 Å².